The second-order valence-electron chi connectivity index (χ2n) is 6.67. The second kappa shape index (κ2) is 6.09. The zero-order valence-electron chi connectivity index (χ0n) is 12.3. The minimum atomic E-state index is -0.0379. The van der Waals surface area contributed by atoms with Crippen molar-refractivity contribution in [2.45, 2.75) is 44.4 Å². The third kappa shape index (κ3) is 2.95. The molecule has 1 unspecified atom stereocenters. The highest BCUT2D eigenvalue weighted by Gasteiger charge is 2.36. The topological polar surface area (TPSA) is 20.3 Å². The predicted molar refractivity (Wildman–Crippen MR) is 81.8 cm³/mol. The van der Waals surface area contributed by atoms with E-state index in [-0.39, 0.29) is 5.41 Å². The fourth-order valence-electron chi connectivity index (χ4n) is 3.99. The van der Waals surface area contributed by atoms with Crippen LogP contribution >= 0.6 is 0 Å². The lowest BCUT2D eigenvalue weighted by atomic mass is 9.75. The van der Waals surface area contributed by atoms with Crippen LogP contribution in [0.3, 0.4) is 0 Å². The second-order valence-corrected chi connectivity index (χ2v) is 6.67. The number of carbonyl (C=O) groups excluding carboxylic acids is 1. The van der Waals surface area contributed by atoms with Crippen LogP contribution in [0.1, 0.15) is 50.0 Å². The van der Waals surface area contributed by atoms with Crippen LogP contribution in [0.15, 0.2) is 30.3 Å². The van der Waals surface area contributed by atoms with Gasteiger partial charge in [0.05, 0.1) is 0 Å². The molecular formula is C18H25NO. The molecule has 1 heterocycles. The Morgan fingerprint density at radius 3 is 2.60 bits per heavy atom. The number of aldehydes is 1. The van der Waals surface area contributed by atoms with E-state index in [9.17, 15) is 4.79 Å². The van der Waals surface area contributed by atoms with E-state index in [0.717, 1.165) is 32.5 Å². The quantitative estimate of drug-likeness (QED) is 0.779. The fourth-order valence-corrected chi connectivity index (χ4v) is 3.99. The predicted octanol–water partition coefficient (Wildman–Crippen LogP) is 3.63. The molecule has 0 bridgehead atoms. The molecule has 2 aliphatic rings. The zero-order chi connectivity index (χ0) is 13.8. The monoisotopic (exact) mass is 271 g/mol. The zero-order valence-corrected chi connectivity index (χ0v) is 12.3. The molecule has 108 valence electrons. The molecule has 1 aliphatic heterocycles. The lowest BCUT2D eigenvalue weighted by Gasteiger charge is -2.35. The maximum absolute atomic E-state index is 11.6. The Morgan fingerprint density at radius 2 is 1.90 bits per heavy atom. The number of hydrogen-bond acceptors (Lipinski definition) is 2. The van der Waals surface area contributed by atoms with Crippen molar-refractivity contribution in [1.82, 2.24) is 4.90 Å². The summed E-state index contributed by atoms with van der Waals surface area (Å²) in [7, 11) is 0. The van der Waals surface area contributed by atoms with Gasteiger partial charge in [0, 0.05) is 18.5 Å². The molecule has 20 heavy (non-hydrogen) atoms. The van der Waals surface area contributed by atoms with Gasteiger partial charge in [0.15, 0.2) is 0 Å². The number of hydrogen-bond donors (Lipinski definition) is 0. The van der Waals surface area contributed by atoms with Gasteiger partial charge in [0.2, 0.25) is 0 Å². The summed E-state index contributed by atoms with van der Waals surface area (Å²) < 4.78 is 0. The van der Waals surface area contributed by atoms with Crippen molar-refractivity contribution in [3.8, 4) is 0 Å². The van der Waals surface area contributed by atoms with Gasteiger partial charge in [-0.25, -0.2) is 0 Å². The van der Waals surface area contributed by atoms with E-state index in [2.05, 4.69) is 35.2 Å². The third-order valence-corrected chi connectivity index (χ3v) is 5.18. The molecule has 1 atom stereocenters. The SMILES string of the molecule is O=CC1(CN2CCC(c3ccccc3)C2)CCCCC1. The van der Waals surface area contributed by atoms with Crippen LogP contribution in [0.5, 0.6) is 0 Å². The minimum absolute atomic E-state index is 0.0379. The van der Waals surface area contributed by atoms with Crippen molar-refractivity contribution >= 4 is 6.29 Å². The Labute approximate surface area is 122 Å². The van der Waals surface area contributed by atoms with E-state index in [0.29, 0.717) is 5.92 Å². The van der Waals surface area contributed by atoms with Crippen molar-refractivity contribution in [1.29, 1.82) is 0 Å². The smallest absolute Gasteiger partial charge is 0.127 e. The van der Waals surface area contributed by atoms with E-state index >= 15 is 0 Å². The van der Waals surface area contributed by atoms with Gasteiger partial charge >= 0.3 is 0 Å². The molecule has 1 saturated heterocycles. The van der Waals surface area contributed by atoms with Crippen LogP contribution in [0.2, 0.25) is 0 Å². The molecule has 0 N–H and O–H groups in total. The normalized spacial score (nSPS) is 26.5. The highest BCUT2D eigenvalue weighted by molar-refractivity contribution is 5.60. The van der Waals surface area contributed by atoms with Gasteiger partial charge in [-0.05, 0) is 37.3 Å². The van der Waals surface area contributed by atoms with Crippen LogP contribution in [0, 0.1) is 5.41 Å². The molecular weight excluding hydrogens is 246 g/mol. The van der Waals surface area contributed by atoms with Crippen LogP contribution in [-0.2, 0) is 4.79 Å². The molecule has 0 aromatic heterocycles. The molecule has 2 nitrogen and oxygen atoms in total. The Kier molecular flexibility index (Phi) is 4.21. The number of carbonyl (C=O) groups is 1. The highest BCUT2D eigenvalue weighted by atomic mass is 16.1. The largest absolute Gasteiger partial charge is 0.303 e. The Balaban J connectivity index is 1.61. The van der Waals surface area contributed by atoms with E-state index in [4.69, 9.17) is 0 Å². The molecule has 1 saturated carbocycles. The van der Waals surface area contributed by atoms with Gasteiger partial charge in [-0.15, -0.1) is 0 Å². The van der Waals surface area contributed by atoms with Crippen molar-refractivity contribution in [3.05, 3.63) is 35.9 Å². The molecule has 2 heteroatoms. The van der Waals surface area contributed by atoms with Gasteiger partial charge in [-0.1, -0.05) is 49.6 Å². The minimum Gasteiger partial charge on any atom is -0.303 e. The van der Waals surface area contributed by atoms with Gasteiger partial charge < -0.3 is 9.69 Å². The number of likely N-dealkylation sites (tertiary alicyclic amines) is 1. The van der Waals surface area contributed by atoms with Crippen LogP contribution in [0.25, 0.3) is 0 Å². The summed E-state index contributed by atoms with van der Waals surface area (Å²) in [6.07, 6.45) is 8.47. The standard InChI is InChI=1S/C18H25NO/c20-15-18(10-5-2-6-11-18)14-19-12-9-17(13-19)16-7-3-1-4-8-16/h1,3-4,7-8,15,17H,2,5-6,9-14H2. The summed E-state index contributed by atoms with van der Waals surface area (Å²) in [6, 6.07) is 10.8. The maximum Gasteiger partial charge on any atom is 0.127 e. The first-order chi connectivity index (χ1) is 9.81. The first kappa shape index (κ1) is 13.8. The summed E-state index contributed by atoms with van der Waals surface area (Å²) in [5.74, 6) is 0.656. The fraction of sp³-hybridized carbons (Fsp3) is 0.611. The van der Waals surface area contributed by atoms with E-state index < -0.39 is 0 Å². The average Bonchev–Trinajstić information content (AvgIpc) is 2.97. The number of nitrogens with zero attached hydrogens (tertiary/aromatic N) is 1. The van der Waals surface area contributed by atoms with Crippen molar-refractivity contribution in [2.75, 3.05) is 19.6 Å². The first-order valence-corrected chi connectivity index (χ1v) is 8.05. The lowest BCUT2D eigenvalue weighted by Crippen LogP contribution is -2.39. The Bertz CT molecular complexity index is 436. The molecule has 0 amide bonds. The van der Waals surface area contributed by atoms with Crippen LogP contribution < -0.4 is 0 Å². The molecule has 0 spiro atoms. The van der Waals surface area contributed by atoms with Gasteiger partial charge in [-0.3, -0.25) is 0 Å². The van der Waals surface area contributed by atoms with E-state index in [1.165, 1.54) is 37.5 Å². The summed E-state index contributed by atoms with van der Waals surface area (Å²) >= 11 is 0. The average molecular weight is 271 g/mol. The summed E-state index contributed by atoms with van der Waals surface area (Å²) in [4.78, 5) is 14.1. The van der Waals surface area contributed by atoms with Crippen LogP contribution in [0.4, 0.5) is 0 Å². The number of benzene rings is 1. The maximum atomic E-state index is 11.6. The van der Waals surface area contributed by atoms with E-state index in [1.807, 2.05) is 0 Å². The lowest BCUT2D eigenvalue weighted by molar-refractivity contribution is -0.119. The van der Waals surface area contributed by atoms with Gasteiger partial charge in [0.1, 0.15) is 6.29 Å². The van der Waals surface area contributed by atoms with Crippen molar-refractivity contribution in [2.24, 2.45) is 5.41 Å². The summed E-state index contributed by atoms with van der Waals surface area (Å²) in [6.45, 7) is 3.26. The van der Waals surface area contributed by atoms with Gasteiger partial charge in [0.25, 0.3) is 0 Å². The summed E-state index contributed by atoms with van der Waals surface area (Å²) in [5, 5.41) is 0. The van der Waals surface area contributed by atoms with Gasteiger partial charge in [-0.2, -0.15) is 0 Å². The molecule has 3 rings (SSSR count). The van der Waals surface area contributed by atoms with Crippen molar-refractivity contribution in [3.63, 3.8) is 0 Å². The molecule has 1 aliphatic carbocycles. The molecule has 2 fully saturated rings. The van der Waals surface area contributed by atoms with Crippen molar-refractivity contribution < 1.29 is 4.79 Å². The van der Waals surface area contributed by atoms with E-state index in [1.54, 1.807) is 0 Å². The molecule has 0 radical (unpaired) electrons. The third-order valence-electron chi connectivity index (χ3n) is 5.18. The Morgan fingerprint density at radius 1 is 1.15 bits per heavy atom. The first-order valence-electron chi connectivity index (χ1n) is 8.05. The summed E-state index contributed by atoms with van der Waals surface area (Å²) in [5.41, 5.74) is 1.42. The number of rotatable bonds is 4. The Hall–Kier alpha value is -1.15. The highest BCUT2D eigenvalue weighted by Crippen LogP contribution is 2.37. The molecule has 1 aromatic carbocycles. The molecule has 1 aromatic rings. The van der Waals surface area contributed by atoms with Crippen LogP contribution in [-0.4, -0.2) is 30.8 Å².